The SMILES string of the molecule is Cn1cnnc1SCC(=O)N[C@H]1COC[C@@H]1N1CCCC1. The van der Waals surface area contributed by atoms with Gasteiger partial charge in [0.15, 0.2) is 5.16 Å². The summed E-state index contributed by atoms with van der Waals surface area (Å²) in [6.45, 7) is 3.57. The fourth-order valence-electron chi connectivity index (χ4n) is 2.90. The third-order valence-corrected chi connectivity index (χ3v) is 5.04. The van der Waals surface area contributed by atoms with E-state index in [0.717, 1.165) is 24.9 Å². The van der Waals surface area contributed by atoms with Crippen LogP contribution < -0.4 is 5.32 Å². The first-order chi connectivity index (χ1) is 10.2. The summed E-state index contributed by atoms with van der Waals surface area (Å²) >= 11 is 1.40. The molecule has 1 aromatic heterocycles. The lowest BCUT2D eigenvalue weighted by atomic mass is 10.1. The van der Waals surface area contributed by atoms with Crippen molar-refractivity contribution in [1.29, 1.82) is 0 Å². The Bertz CT molecular complexity index is 489. The van der Waals surface area contributed by atoms with Crippen molar-refractivity contribution in [2.24, 2.45) is 7.05 Å². The van der Waals surface area contributed by atoms with Gasteiger partial charge in [-0.05, 0) is 25.9 Å². The Morgan fingerprint density at radius 3 is 3.00 bits per heavy atom. The zero-order chi connectivity index (χ0) is 14.7. The molecule has 0 aliphatic carbocycles. The third kappa shape index (κ3) is 3.56. The number of rotatable bonds is 5. The van der Waals surface area contributed by atoms with Crippen LogP contribution in [0.25, 0.3) is 0 Å². The summed E-state index contributed by atoms with van der Waals surface area (Å²) in [6.07, 6.45) is 4.13. The van der Waals surface area contributed by atoms with Crippen molar-refractivity contribution in [1.82, 2.24) is 25.0 Å². The number of carbonyl (C=O) groups excluding carboxylic acids is 1. The molecule has 3 heterocycles. The van der Waals surface area contributed by atoms with Crippen molar-refractivity contribution in [3.63, 3.8) is 0 Å². The number of aryl methyl sites for hydroxylation is 1. The highest BCUT2D eigenvalue weighted by Crippen LogP contribution is 2.19. The van der Waals surface area contributed by atoms with E-state index in [-0.39, 0.29) is 11.9 Å². The van der Waals surface area contributed by atoms with E-state index in [1.54, 1.807) is 6.33 Å². The highest BCUT2D eigenvalue weighted by atomic mass is 32.2. The maximum Gasteiger partial charge on any atom is 0.230 e. The zero-order valence-electron chi connectivity index (χ0n) is 12.2. The van der Waals surface area contributed by atoms with Gasteiger partial charge in [0, 0.05) is 7.05 Å². The second kappa shape index (κ2) is 6.76. The molecule has 2 aliphatic rings. The van der Waals surface area contributed by atoms with Crippen molar-refractivity contribution in [3.05, 3.63) is 6.33 Å². The molecule has 0 saturated carbocycles. The molecule has 7 nitrogen and oxygen atoms in total. The number of thioether (sulfide) groups is 1. The molecule has 0 spiro atoms. The van der Waals surface area contributed by atoms with Crippen LogP contribution >= 0.6 is 11.8 Å². The average molecular weight is 311 g/mol. The molecule has 2 saturated heterocycles. The van der Waals surface area contributed by atoms with E-state index < -0.39 is 0 Å². The molecular weight excluding hydrogens is 290 g/mol. The Hall–Kier alpha value is -1.12. The lowest BCUT2D eigenvalue weighted by Crippen LogP contribution is -2.50. The highest BCUT2D eigenvalue weighted by molar-refractivity contribution is 7.99. The van der Waals surface area contributed by atoms with Crippen LogP contribution in [0.4, 0.5) is 0 Å². The van der Waals surface area contributed by atoms with Crippen LogP contribution in [-0.4, -0.2) is 69.7 Å². The number of ether oxygens (including phenoxy) is 1. The standard InChI is InChI=1S/C13H21N5O2S/c1-17-9-14-16-13(17)21-8-12(19)15-10-6-20-7-11(10)18-4-2-3-5-18/h9-11H,2-8H2,1H3,(H,15,19)/t10-,11-/m0/s1. The van der Waals surface area contributed by atoms with Crippen LogP contribution in [0.1, 0.15) is 12.8 Å². The van der Waals surface area contributed by atoms with Gasteiger partial charge in [-0.25, -0.2) is 0 Å². The van der Waals surface area contributed by atoms with Gasteiger partial charge in [0.1, 0.15) is 6.33 Å². The van der Waals surface area contributed by atoms with Gasteiger partial charge < -0.3 is 14.6 Å². The van der Waals surface area contributed by atoms with E-state index in [2.05, 4.69) is 20.4 Å². The summed E-state index contributed by atoms with van der Waals surface area (Å²) < 4.78 is 7.37. The minimum Gasteiger partial charge on any atom is -0.378 e. The largest absolute Gasteiger partial charge is 0.378 e. The van der Waals surface area contributed by atoms with E-state index in [1.807, 2.05) is 11.6 Å². The molecule has 1 amide bonds. The summed E-state index contributed by atoms with van der Waals surface area (Å²) in [4.78, 5) is 14.5. The maximum atomic E-state index is 12.1. The normalized spacial score (nSPS) is 26.3. The highest BCUT2D eigenvalue weighted by Gasteiger charge is 2.35. The number of carbonyl (C=O) groups is 1. The van der Waals surface area contributed by atoms with E-state index in [9.17, 15) is 4.79 Å². The van der Waals surface area contributed by atoms with Gasteiger partial charge in [0.2, 0.25) is 5.91 Å². The Balaban J connectivity index is 1.48. The van der Waals surface area contributed by atoms with E-state index in [0.29, 0.717) is 18.4 Å². The predicted octanol–water partition coefficient (Wildman–Crippen LogP) is -0.113. The predicted molar refractivity (Wildman–Crippen MR) is 79.1 cm³/mol. The van der Waals surface area contributed by atoms with Gasteiger partial charge in [-0.15, -0.1) is 10.2 Å². The number of hydrogen-bond acceptors (Lipinski definition) is 6. The summed E-state index contributed by atoms with van der Waals surface area (Å²) in [5, 5.41) is 11.6. The van der Waals surface area contributed by atoms with Crippen LogP contribution in [0.2, 0.25) is 0 Å². The van der Waals surface area contributed by atoms with E-state index in [1.165, 1.54) is 24.6 Å². The van der Waals surface area contributed by atoms with Crippen LogP contribution in [0, 0.1) is 0 Å². The fraction of sp³-hybridized carbons (Fsp3) is 0.769. The number of aromatic nitrogens is 3. The van der Waals surface area contributed by atoms with Crippen LogP contribution in [-0.2, 0) is 16.6 Å². The molecule has 0 aromatic carbocycles. The zero-order valence-corrected chi connectivity index (χ0v) is 13.0. The lowest BCUT2D eigenvalue weighted by molar-refractivity contribution is -0.119. The minimum atomic E-state index is 0.0303. The first kappa shape index (κ1) is 14.8. The molecule has 1 N–H and O–H groups in total. The molecule has 2 fully saturated rings. The number of amides is 1. The second-order valence-corrected chi connectivity index (χ2v) is 6.48. The van der Waals surface area contributed by atoms with E-state index in [4.69, 9.17) is 4.74 Å². The Morgan fingerprint density at radius 1 is 1.48 bits per heavy atom. The fourth-order valence-corrected chi connectivity index (χ4v) is 3.59. The van der Waals surface area contributed by atoms with Crippen LogP contribution in [0.3, 0.4) is 0 Å². The topological polar surface area (TPSA) is 72.3 Å². The smallest absolute Gasteiger partial charge is 0.230 e. The van der Waals surface area contributed by atoms with Crippen molar-refractivity contribution < 1.29 is 9.53 Å². The van der Waals surface area contributed by atoms with Crippen LogP contribution in [0.5, 0.6) is 0 Å². The number of hydrogen-bond donors (Lipinski definition) is 1. The number of likely N-dealkylation sites (tertiary alicyclic amines) is 1. The van der Waals surface area contributed by atoms with Crippen molar-refractivity contribution in [2.75, 3.05) is 32.1 Å². The Morgan fingerprint density at radius 2 is 2.29 bits per heavy atom. The van der Waals surface area contributed by atoms with Crippen molar-refractivity contribution >= 4 is 17.7 Å². The minimum absolute atomic E-state index is 0.0303. The molecule has 21 heavy (non-hydrogen) atoms. The van der Waals surface area contributed by atoms with Crippen LogP contribution in [0.15, 0.2) is 11.5 Å². The first-order valence-corrected chi connectivity index (χ1v) is 8.30. The molecule has 0 unspecified atom stereocenters. The van der Waals surface area contributed by atoms with Crippen molar-refractivity contribution in [2.45, 2.75) is 30.1 Å². The Labute approximate surface area is 128 Å². The molecule has 3 rings (SSSR count). The van der Waals surface area contributed by atoms with Gasteiger partial charge >= 0.3 is 0 Å². The average Bonchev–Trinajstić information content (AvgIpc) is 3.17. The quantitative estimate of drug-likeness (QED) is 0.765. The molecule has 2 aliphatic heterocycles. The number of nitrogens with one attached hydrogen (secondary N) is 1. The molecule has 0 bridgehead atoms. The maximum absolute atomic E-state index is 12.1. The number of nitrogens with zero attached hydrogens (tertiary/aromatic N) is 4. The van der Waals surface area contributed by atoms with Gasteiger partial charge in [0.25, 0.3) is 0 Å². The van der Waals surface area contributed by atoms with Gasteiger partial charge in [0.05, 0.1) is 31.1 Å². The van der Waals surface area contributed by atoms with Gasteiger partial charge in [-0.1, -0.05) is 11.8 Å². The molecule has 2 atom stereocenters. The summed E-state index contributed by atoms with van der Waals surface area (Å²) in [6, 6.07) is 0.437. The van der Waals surface area contributed by atoms with Crippen molar-refractivity contribution in [3.8, 4) is 0 Å². The third-order valence-electron chi connectivity index (χ3n) is 4.01. The van der Waals surface area contributed by atoms with E-state index >= 15 is 0 Å². The molecule has 1 aromatic rings. The first-order valence-electron chi connectivity index (χ1n) is 7.32. The molecule has 0 radical (unpaired) electrons. The molecule has 116 valence electrons. The van der Waals surface area contributed by atoms with Gasteiger partial charge in [-0.3, -0.25) is 9.69 Å². The molecule has 8 heteroatoms. The lowest BCUT2D eigenvalue weighted by Gasteiger charge is -2.27. The van der Waals surface area contributed by atoms with Gasteiger partial charge in [-0.2, -0.15) is 0 Å². The summed E-state index contributed by atoms with van der Waals surface area (Å²) in [5.41, 5.74) is 0. The Kier molecular flexibility index (Phi) is 4.77. The summed E-state index contributed by atoms with van der Waals surface area (Å²) in [5.74, 6) is 0.387. The summed E-state index contributed by atoms with van der Waals surface area (Å²) in [7, 11) is 1.87. The monoisotopic (exact) mass is 311 g/mol. The second-order valence-electron chi connectivity index (χ2n) is 5.53. The molecular formula is C13H21N5O2S.